The van der Waals surface area contributed by atoms with Crippen molar-refractivity contribution in [2.45, 2.75) is 83.5 Å². The van der Waals surface area contributed by atoms with Crippen molar-refractivity contribution in [3.8, 4) is 6.07 Å². The first kappa shape index (κ1) is 17.6. The van der Waals surface area contributed by atoms with E-state index in [2.05, 4.69) is 21.6 Å². The zero-order valence-electron chi connectivity index (χ0n) is 15.2. The summed E-state index contributed by atoms with van der Waals surface area (Å²) in [7, 11) is 0. The number of aromatic nitrogens is 4. The van der Waals surface area contributed by atoms with E-state index in [1.54, 1.807) is 4.68 Å². The van der Waals surface area contributed by atoms with Gasteiger partial charge in [-0.05, 0) is 56.4 Å². The van der Waals surface area contributed by atoms with Gasteiger partial charge in [-0.3, -0.25) is 4.90 Å². The Kier molecular flexibility index (Phi) is 4.93. The summed E-state index contributed by atoms with van der Waals surface area (Å²) in [5, 5.41) is 20.8. The Balaban J connectivity index is 1.89. The summed E-state index contributed by atoms with van der Waals surface area (Å²) in [6, 6.07) is 2.12. The van der Waals surface area contributed by atoms with Crippen LogP contribution in [0, 0.1) is 17.2 Å². The molecular weight excluding hydrogens is 320 g/mol. The highest BCUT2D eigenvalue weighted by Gasteiger charge is 2.48. The average Bonchev–Trinajstić information content (AvgIpc) is 3.14. The standard InChI is InChI=1S/C17H26N6O2/c1-17(2,3)25-16(24)23-13-8-5-4-7-12(13)11-14(23)15-19-20-21-22(15)10-6-9-18/h12-14H,4-8,10-11H2,1-3H3/t12-,13-,14-/m0/s1. The number of ether oxygens (including phenoxy) is 1. The van der Waals surface area contributed by atoms with Gasteiger partial charge in [-0.2, -0.15) is 5.26 Å². The largest absolute Gasteiger partial charge is 0.444 e. The first-order chi connectivity index (χ1) is 11.9. The molecule has 0 aromatic carbocycles. The molecule has 1 saturated carbocycles. The van der Waals surface area contributed by atoms with E-state index in [0.29, 0.717) is 24.7 Å². The Hall–Kier alpha value is -2.17. The number of amides is 1. The Labute approximate surface area is 148 Å². The molecular formula is C17H26N6O2. The molecule has 1 aliphatic carbocycles. The van der Waals surface area contributed by atoms with Crippen LogP contribution in [-0.4, -0.2) is 42.8 Å². The molecule has 0 bridgehead atoms. The van der Waals surface area contributed by atoms with Crippen LogP contribution in [0.2, 0.25) is 0 Å². The monoisotopic (exact) mass is 346 g/mol. The molecule has 3 rings (SSSR count). The van der Waals surface area contributed by atoms with Gasteiger partial charge in [0.2, 0.25) is 0 Å². The minimum absolute atomic E-state index is 0.184. The van der Waals surface area contributed by atoms with Crippen LogP contribution in [0.4, 0.5) is 4.79 Å². The van der Waals surface area contributed by atoms with Gasteiger partial charge in [0.15, 0.2) is 5.82 Å². The van der Waals surface area contributed by atoms with E-state index in [1.165, 1.54) is 6.42 Å². The van der Waals surface area contributed by atoms with Crippen molar-refractivity contribution in [1.29, 1.82) is 5.26 Å². The van der Waals surface area contributed by atoms with Crippen molar-refractivity contribution in [2.75, 3.05) is 0 Å². The second kappa shape index (κ2) is 6.98. The van der Waals surface area contributed by atoms with Gasteiger partial charge in [0.25, 0.3) is 0 Å². The molecule has 2 fully saturated rings. The smallest absolute Gasteiger partial charge is 0.411 e. The zero-order chi connectivity index (χ0) is 18.0. The summed E-state index contributed by atoms with van der Waals surface area (Å²) < 4.78 is 7.33. The Bertz CT molecular complexity index is 659. The molecule has 0 spiro atoms. The van der Waals surface area contributed by atoms with E-state index in [4.69, 9.17) is 10.00 Å². The summed E-state index contributed by atoms with van der Waals surface area (Å²) in [4.78, 5) is 14.8. The predicted molar refractivity (Wildman–Crippen MR) is 89.2 cm³/mol. The molecule has 8 heteroatoms. The molecule has 1 amide bonds. The van der Waals surface area contributed by atoms with Crippen LogP contribution in [0.5, 0.6) is 0 Å². The lowest BCUT2D eigenvalue weighted by Gasteiger charge is -2.34. The molecule has 25 heavy (non-hydrogen) atoms. The molecule has 0 radical (unpaired) electrons. The van der Waals surface area contributed by atoms with E-state index in [-0.39, 0.29) is 18.2 Å². The second-order valence-corrected chi connectivity index (χ2v) is 7.92. The van der Waals surface area contributed by atoms with E-state index in [9.17, 15) is 4.79 Å². The van der Waals surface area contributed by atoms with E-state index in [0.717, 1.165) is 25.7 Å². The number of hydrogen-bond donors (Lipinski definition) is 0. The fraction of sp³-hybridized carbons (Fsp3) is 0.824. The van der Waals surface area contributed by atoms with Crippen LogP contribution in [0.1, 0.15) is 71.2 Å². The van der Waals surface area contributed by atoms with Crippen molar-refractivity contribution in [3.63, 3.8) is 0 Å². The molecule has 1 aromatic rings. The quantitative estimate of drug-likeness (QED) is 0.835. The Morgan fingerprint density at radius 3 is 2.84 bits per heavy atom. The lowest BCUT2D eigenvalue weighted by atomic mass is 9.85. The number of carbonyl (C=O) groups excluding carboxylic acids is 1. The van der Waals surface area contributed by atoms with Crippen molar-refractivity contribution in [3.05, 3.63) is 5.82 Å². The van der Waals surface area contributed by atoms with Gasteiger partial charge in [0.05, 0.1) is 25.1 Å². The summed E-state index contributed by atoms with van der Waals surface area (Å²) in [6.45, 7) is 6.08. The number of nitriles is 1. The summed E-state index contributed by atoms with van der Waals surface area (Å²) in [6.07, 6.45) is 5.37. The maximum absolute atomic E-state index is 12.9. The molecule has 136 valence electrons. The Morgan fingerprint density at radius 1 is 1.36 bits per heavy atom. The van der Waals surface area contributed by atoms with Gasteiger partial charge < -0.3 is 4.74 Å². The number of carbonyl (C=O) groups is 1. The number of aryl methyl sites for hydroxylation is 1. The molecule has 1 aliphatic heterocycles. The fourth-order valence-corrected chi connectivity index (χ4v) is 4.03. The normalized spacial score (nSPS) is 26.2. The number of likely N-dealkylation sites (tertiary alicyclic amines) is 1. The molecule has 2 heterocycles. The number of hydrogen-bond acceptors (Lipinski definition) is 6. The number of rotatable bonds is 3. The first-order valence-corrected chi connectivity index (χ1v) is 9.05. The van der Waals surface area contributed by atoms with Crippen LogP contribution >= 0.6 is 0 Å². The van der Waals surface area contributed by atoms with Crippen molar-refractivity contribution < 1.29 is 9.53 Å². The second-order valence-electron chi connectivity index (χ2n) is 7.92. The van der Waals surface area contributed by atoms with E-state index >= 15 is 0 Å². The average molecular weight is 346 g/mol. The third-order valence-corrected chi connectivity index (χ3v) is 4.99. The molecule has 1 aromatic heterocycles. The third-order valence-electron chi connectivity index (χ3n) is 4.99. The van der Waals surface area contributed by atoms with Crippen LogP contribution in [0.15, 0.2) is 0 Å². The number of nitrogens with zero attached hydrogens (tertiary/aromatic N) is 6. The molecule has 1 saturated heterocycles. The predicted octanol–water partition coefficient (Wildman–Crippen LogP) is 2.83. The third kappa shape index (κ3) is 3.75. The zero-order valence-corrected chi connectivity index (χ0v) is 15.2. The van der Waals surface area contributed by atoms with Crippen LogP contribution in [0.3, 0.4) is 0 Å². The highest BCUT2D eigenvalue weighted by molar-refractivity contribution is 5.69. The molecule has 2 aliphatic rings. The van der Waals surface area contributed by atoms with Gasteiger partial charge in [0.1, 0.15) is 5.60 Å². The molecule has 0 unspecified atom stereocenters. The van der Waals surface area contributed by atoms with Crippen molar-refractivity contribution in [2.24, 2.45) is 5.92 Å². The minimum Gasteiger partial charge on any atom is -0.444 e. The highest BCUT2D eigenvalue weighted by atomic mass is 16.6. The van der Waals surface area contributed by atoms with Crippen LogP contribution < -0.4 is 0 Å². The van der Waals surface area contributed by atoms with Gasteiger partial charge in [-0.15, -0.1) is 5.10 Å². The lowest BCUT2D eigenvalue weighted by Crippen LogP contribution is -2.43. The SMILES string of the molecule is CC(C)(C)OC(=O)N1[C@H](c2nnnn2CCC#N)C[C@@H]2CCCC[C@@H]21. The maximum atomic E-state index is 12.9. The number of fused-ring (bicyclic) bond motifs is 1. The summed E-state index contributed by atoms with van der Waals surface area (Å²) >= 11 is 0. The van der Waals surface area contributed by atoms with Crippen molar-refractivity contribution in [1.82, 2.24) is 25.1 Å². The van der Waals surface area contributed by atoms with E-state index in [1.807, 2.05) is 25.7 Å². The molecule has 0 N–H and O–H groups in total. The highest BCUT2D eigenvalue weighted by Crippen LogP contribution is 2.46. The topological polar surface area (TPSA) is 96.9 Å². The Morgan fingerprint density at radius 2 is 2.12 bits per heavy atom. The minimum atomic E-state index is -0.541. The molecule has 3 atom stereocenters. The van der Waals surface area contributed by atoms with Gasteiger partial charge in [-0.25, -0.2) is 9.48 Å². The summed E-state index contributed by atoms with van der Waals surface area (Å²) in [5.74, 6) is 1.13. The van der Waals surface area contributed by atoms with Crippen molar-refractivity contribution >= 4 is 6.09 Å². The van der Waals surface area contributed by atoms with Crippen LogP contribution in [0.25, 0.3) is 0 Å². The lowest BCUT2D eigenvalue weighted by molar-refractivity contribution is 0.00909. The van der Waals surface area contributed by atoms with Gasteiger partial charge in [-0.1, -0.05) is 12.8 Å². The number of tetrazole rings is 1. The molecule has 8 nitrogen and oxygen atoms in total. The fourth-order valence-electron chi connectivity index (χ4n) is 4.03. The van der Waals surface area contributed by atoms with Gasteiger partial charge >= 0.3 is 6.09 Å². The first-order valence-electron chi connectivity index (χ1n) is 9.05. The maximum Gasteiger partial charge on any atom is 0.411 e. The van der Waals surface area contributed by atoms with E-state index < -0.39 is 5.60 Å². The van der Waals surface area contributed by atoms with Crippen LogP contribution in [-0.2, 0) is 11.3 Å². The summed E-state index contributed by atoms with van der Waals surface area (Å²) in [5.41, 5.74) is -0.541. The van der Waals surface area contributed by atoms with Gasteiger partial charge in [0, 0.05) is 6.04 Å².